The molecule has 0 amide bonds. The molecule has 1 aromatic heterocycles. The summed E-state index contributed by atoms with van der Waals surface area (Å²) >= 11 is 6.06. The van der Waals surface area contributed by atoms with Gasteiger partial charge in [0.15, 0.2) is 0 Å². The maximum atomic E-state index is 8.68. The van der Waals surface area contributed by atoms with Crippen LogP contribution in [0.3, 0.4) is 0 Å². The molecule has 1 aromatic carbocycles. The molecular formula is C16H14ClNO2. The number of halogens is 1. The van der Waals surface area contributed by atoms with Crippen molar-refractivity contribution in [1.82, 2.24) is 4.98 Å². The van der Waals surface area contributed by atoms with E-state index in [9.17, 15) is 0 Å². The lowest BCUT2D eigenvalue weighted by molar-refractivity contribution is 0.305. The summed E-state index contributed by atoms with van der Waals surface area (Å²) in [6.07, 6.45) is 3.74. The summed E-state index contributed by atoms with van der Waals surface area (Å²) in [4.78, 5) is 4.08. The molecule has 2 rings (SSSR count). The fourth-order valence-electron chi connectivity index (χ4n) is 1.56. The number of ether oxygens (including phenoxy) is 1. The Labute approximate surface area is 123 Å². The first-order chi connectivity index (χ1) is 9.79. The molecule has 0 saturated carbocycles. The van der Waals surface area contributed by atoms with Crippen molar-refractivity contribution in [2.45, 2.75) is 13.0 Å². The van der Waals surface area contributed by atoms with Crippen LogP contribution in [0, 0.1) is 11.8 Å². The van der Waals surface area contributed by atoms with E-state index < -0.39 is 0 Å². The summed E-state index contributed by atoms with van der Waals surface area (Å²) in [5.41, 5.74) is 1.68. The molecule has 20 heavy (non-hydrogen) atoms. The van der Waals surface area contributed by atoms with Gasteiger partial charge in [-0.3, -0.25) is 4.98 Å². The third-order valence-electron chi connectivity index (χ3n) is 2.53. The molecular weight excluding hydrogens is 274 g/mol. The number of aliphatic hydroxyl groups is 1. The van der Waals surface area contributed by atoms with E-state index in [2.05, 4.69) is 16.8 Å². The molecule has 0 bridgehead atoms. The molecule has 0 radical (unpaired) electrons. The number of aliphatic hydroxyl groups excluding tert-OH is 1. The second kappa shape index (κ2) is 7.54. The predicted octanol–water partition coefficient (Wildman–Crippen LogP) is 3.05. The molecule has 0 aliphatic rings. The number of pyridine rings is 1. The van der Waals surface area contributed by atoms with Gasteiger partial charge in [-0.2, -0.15) is 0 Å². The van der Waals surface area contributed by atoms with Crippen LogP contribution >= 0.6 is 11.6 Å². The molecule has 4 heteroatoms. The zero-order valence-electron chi connectivity index (χ0n) is 10.8. The lowest BCUT2D eigenvalue weighted by atomic mass is 10.2. The summed E-state index contributed by atoms with van der Waals surface area (Å²) in [5, 5.41) is 9.36. The molecule has 1 N–H and O–H groups in total. The SMILES string of the molecule is OCCC#Cc1cncc(OCc2ccccc2Cl)c1. The summed E-state index contributed by atoms with van der Waals surface area (Å²) in [6.45, 7) is 0.442. The predicted molar refractivity (Wildman–Crippen MR) is 78.6 cm³/mol. The van der Waals surface area contributed by atoms with Gasteiger partial charge in [0.2, 0.25) is 0 Å². The Morgan fingerprint density at radius 2 is 2.10 bits per heavy atom. The Morgan fingerprint density at radius 3 is 2.90 bits per heavy atom. The summed E-state index contributed by atoms with van der Waals surface area (Å²) in [5.74, 6) is 6.40. The molecule has 0 fully saturated rings. The average Bonchev–Trinajstić information content (AvgIpc) is 2.47. The molecule has 0 atom stereocenters. The first-order valence-electron chi connectivity index (χ1n) is 6.20. The lowest BCUT2D eigenvalue weighted by Crippen LogP contribution is -1.97. The molecule has 3 nitrogen and oxygen atoms in total. The maximum absolute atomic E-state index is 8.68. The third kappa shape index (κ3) is 4.27. The standard InChI is InChI=1S/C16H14ClNO2/c17-16-7-2-1-6-14(16)12-20-15-9-13(10-18-11-15)5-3-4-8-19/h1-2,6-7,9-11,19H,4,8,12H2. The first-order valence-corrected chi connectivity index (χ1v) is 6.58. The Bertz CT molecular complexity index is 632. The van der Waals surface area contributed by atoms with Crippen LogP contribution in [-0.2, 0) is 6.61 Å². The first kappa shape index (κ1) is 14.4. The zero-order chi connectivity index (χ0) is 14.2. The maximum Gasteiger partial charge on any atom is 0.139 e. The molecule has 0 aliphatic carbocycles. The van der Waals surface area contributed by atoms with E-state index in [0.29, 0.717) is 23.8 Å². The zero-order valence-corrected chi connectivity index (χ0v) is 11.6. The fourth-order valence-corrected chi connectivity index (χ4v) is 1.75. The van der Waals surface area contributed by atoms with Gasteiger partial charge in [0.1, 0.15) is 12.4 Å². The van der Waals surface area contributed by atoms with Crippen molar-refractivity contribution in [2.24, 2.45) is 0 Å². The minimum Gasteiger partial charge on any atom is -0.487 e. The second-order valence-electron chi connectivity index (χ2n) is 4.06. The molecule has 1 heterocycles. The van der Waals surface area contributed by atoms with Crippen molar-refractivity contribution in [3.8, 4) is 17.6 Å². The number of hydrogen-bond acceptors (Lipinski definition) is 3. The van der Waals surface area contributed by atoms with Gasteiger partial charge in [-0.05, 0) is 12.1 Å². The quantitative estimate of drug-likeness (QED) is 0.879. The lowest BCUT2D eigenvalue weighted by Gasteiger charge is -2.07. The summed E-state index contributed by atoms with van der Waals surface area (Å²) < 4.78 is 5.66. The van der Waals surface area contributed by atoms with E-state index in [0.717, 1.165) is 11.1 Å². The van der Waals surface area contributed by atoms with E-state index in [1.165, 1.54) is 0 Å². The van der Waals surface area contributed by atoms with Crippen LogP contribution in [0.4, 0.5) is 0 Å². The third-order valence-corrected chi connectivity index (χ3v) is 2.90. The summed E-state index contributed by atoms with van der Waals surface area (Å²) in [6, 6.07) is 9.36. The smallest absolute Gasteiger partial charge is 0.139 e. The van der Waals surface area contributed by atoms with Gasteiger partial charge in [-0.15, -0.1) is 0 Å². The van der Waals surface area contributed by atoms with Crippen LogP contribution in [0.25, 0.3) is 0 Å². The van der Waals surface area contributed by atoms with Crippen molar-refractivity contribution >= 4 is 11.6 Å². The van der Waals surface area contributed by atoms with Crippen molar-refractivity contribution < 1.29 is 9.84 Å². The van der Waals surface area contributed by atoms with Gasteiger partial charge in [0, 0.05) is 28.8 Å². The van der Waals surface area contributed by atoms with Crippen molar-refractivity contribution in [3.05, 3.63) is 58.9 Å². The van der Waals surface area contributed by atoms with Crippen LogP contribution in [0.1, 0.15) is 17.5 Å². The normalized spacial score (nSPS) is 9.70. The Balaban J connectivity index is 2.02. The highest BCUT2D eigenvalue weighted by atomic mass is 35.5. The molecule has 102 valence electrons. The highest BCUT2D eigenvalue weighted by Gasteiger charge is 2.01. The van der Waals surface area contributed by atoms with Gasteiger partial charge < -0.3 is 9.84 Å². The van der Waals surface area contributed by atoms with Gasteiger partial charge in [0.05, 0.1) is 12.8 Å². The molecule has 0 unspecified atom stereocenters. The Hall–Kier alpha value is -2.02. The molecule has 2 aromatic rings. The van der Waals surface area contributed by atoms with Gasteiger partial charge in [0.25, 0.3) is 0 Å². The van der Waals surface area contributed by atoms with E-state index in [1.807, 2.05) is 30.3 Å². The Morgan fingerprint density at radius 1 is 1.25 bits per heavy atom. The van der Waals surface area contributed by atoms with E-state index in [4.69, 9.17) is 21.4 Å². The number of benzene rings is 1. The topological polar surface area (TPSA) is 42.4 Å². The minimum absolute atomic E-state index is 0.0587. The highest BCUT2D eigenvalue weighted by molar-refractivity contribution is 6.31. The Kier molecular flexibility index (Phi) is 5.43. The van der Waals surface area contributed by atoms with Crippen molar-refractivity contribution in [1.29, 1.82) is 0 Å². The van der Waals surface area contributed by atoms with Crippen LogP contribution < -0.4 is 4.74 Å². The molecule has 0 saturated heterocycles. The fraction of sp³-hybridized carbons (Fsp3) is 0.188. The van der Waals surface area contributed by atoms with E-state index in [1.54, 1.807) is 12.4 Å². The van der Waals surface area contributed by atoms with Crippen LogP contribution in [0.15, 0.2) is 42.7 Å². The van der Waals surface area contributed by atoms with Crippen molar-refractivity contribution in [3.63, 3.8) is 0 Å². The van der Waals surface area contributed by atoms with Crippen LogP contribution in [-0.4, -0.2) is 16.7 Å². The minimum atomic E-state index is 0.0587. The molecule has 0 aliphatic heterocycles. The van der Waals surface area contributed by atoms with Crippen LogP contribution in [0.5, 0.6) is 5.75 Å². The highest BCUT2D eigenvalue weighted by Crippen LogP contribution is 2.18. The number of hydrogen-bond donors (Lipinski definition) is 1. The van der Waals surface area contributed by atoms with E-state index >= 15 is 0 Å². The number of rotatable bonds is 4. The largest absolute Gasteiger partial charge is 0.487 e. The average molecular weight is 288 g/mol. The molecule has 0 spiro atoms. The number of aromatic nitrogens is 1. The van der Waals surface area contributed by atoms with Gasteiger partial charge in [-0.1, -0.05) is 41.6 Å². The number of nitrogens with zero attached hydrogens (tertiary/aromatic N) is 1. The van der Waals surface area contributed by atoms with Crippen LogP contribution in [0.2, 0.25) is 5.02 Å². The summed E-state index contributed by atoms with van der Waals surface area (Å²) in [7, 11) is 0. The van der Waals surface area contributed by atoms with E-state index in [-0.39, 0.29) is 6.61 Å². The van der Waals surface area contributed by atoms with Crippen molar-refractivity contribution in [2.75, 3.05) is 6.61 Å². The van der Waals surface area contributed by atoms with Gasteiger partial charge >= 0.3 is 0 Å². The second-order valence-corrected chi connectivity index (χ2v) is 4.47. The monoisotopic (exact) mass is 287 g/mol. The van der Waals surface area contributed by atoms with Gasteiger partial charge in [-0.25, -0.2) is 0 Å².